The summed E-state index contributed by atoms with van der Waals surface area (Å²) >= 11 is 1.25. The van der Waals surface area contributed by atoms with E-state index in [1.165, 1.54) is 18.7 Å². The second-order valence-electron chi connectivity index (χ2n) is 3.91. The molecule has 0 amide bonds. The number of esters is 1. The molecule has 100 valence electrons. The Bertz CT molecular complexity index is 256. The van der Waals surface area contributed by atoms with Gasteiger partial charge in [0.2, 0.25) is 0 Å². The fraction of sp³-hybridized carbons (Fsp3) is 0.818. The second kappa shape index (κ2) is 8.36. The van der Waals surface area contributed by atoms with Crippen LogP contribution in [-0.2, 0) is 14.3 Å². The minimum atomic E-state index is -0.880. The Kier molecular flexibility index (Phi) is 7.99. The van der Waals surface area contributed by atoms with E-state index in [0.717, 1.165) is 0 Å². The van der Waals surface area contributed by atoms with Gasteiger partial charge in [0, 0.05) is 19.1 Å². The molecule has 5 nitrogen and oxygen atoms in total. The van der Waals surface area contributed by atoms with Crippen LogP contribution in [0.25, 0.3) is 0 Å². The van der Waals surface area contributed by atoms with Gasteiger partial charge in [-0.1, -0.05) is 13.8 Å². The lowest BCUT2D eigenvalue weighted by atomic mass is 10.2. The highest BCUT2D eigenvalue weighted by Gasteiger charge is 2.20. The first-order valence-electron chi connectivity index (χ1n) is 5.56. The largest absolute Gasteiger partial charge is 0.481 e. The van der Waals surface area contributed by atoms with E-state index in [0.29, 0.717) is 18.6 Å². The summed E-state index contributed by atoms with van der Waals surface area (Å²) in [5, 5.41) is 18.2. The van der Waals surface area contributed by atoms with Crippen molar-refractivity contribution in [1.29, 1.82) is 0 Å². The predicted octanol–water partition coefficient (Wildman–Crippen LogP) is 1.49. The standard InChI is InChI=1S/C11H20O5S/c1-4-9(13)5-10(16-8(3)12)17-6-7(2)11(14)15/h7,9-10,13H,4-6H2,1-3H3,(H,14,15). The van der Waals surface area contributed by atoms with Crippen molar-refractivity contribution in [1.82, 2.24) is 0 Å². The minimum absolute atomic E-state index is 0.326. The summed E-state index contributed by atoms with van der Waals surface area (Å²) in [6.45, 7) is 4.73. The maximum atomic E-state index is 10.9. The van der Waals surface area contributed by atoms with Gasteiger partial charge in [-0.05, 0) is 6.42 Å². The minimum Gasteiger partial charge on any atom is -0.481 e. The quantitative estimate of drug-likeness (QED) is 0.510. The highest BCUT2D eigenvalue weighted by Crippen LogP contribution is 2.22. The van der Waals surface area contributed by atoms with Gasteiger partial charge in [0.05, 0.1) is 12.0 Å². The van der Waals surface area contributed by atoms with Crippen LogP contribution in [0.2, 0.25) is 0 Å². The molecule has 0 saturated heterocycles. The Morgan fingerprint density at radius 3 is 2.41 bits per heavy atom. The summed E-state index contributed by atoms with van der Waals surface area (Å²) in [6.07, 6.45) is 0.367. The molecule has 17 heavy (non-hydrogen) atoms. The van der Waals surface area contributed by atoms with Gasteiger partial charge >= 0.3 is 11.9 Å². The first-order valence-corrected chi connectivity index (χ1v) is 6.61. The molecule has 0 spiro atoms. The number of hydrogen-bond acceptors (Lipinski definition) is 5. The molecule has 0 radical (unpaired) electrons. The van der Waals surface area contributed by atoms with Crippen molar-refractivity contribution in [3.05, 3.63) is 0 Å². The van der Waals surface area contributed by atoms with Gasteiger partial charge in [-0.2, -0.15) is 0 Å². The highest BCUT2D eigenvalue weighted by molar-refractivity contribution is 7.99. The zero-order valence-electron chi connectivity index (χ0n) is 10.4. The number of aliphatic hydroxyl groups excluding tert-OH is 1. The third-order valence-electron chi connectivity index (χ3n) is 2.19. The van der Waals surface area contributed by atoms with Crippen LogP contribution in [0.3, 0.4) is 0 Å². The Morgan fingerprint density at radius 2 is 2.00 bits per heavy atom. The molecular formula is C11H20O5S. The van der Waals surface area contributed by atoms with E-state index in [9.17, 15) is 14.7 Å². The molecule has 0 bridgehead atoms. The molecule has 0 aliphatic carbocycles. The highest BCUT2D eigenvalue weighted by atomic mass is 32.2. The smallest absolute Gasteiger partial charge is 0.307 e. The number of carbonyl (C=O) groups is 2. The van der Waals surface area contributed by atoms with Crippen LogP contribution < -0.4 is 0 Å². The predicted molar refractivity (Wildman–Crippen MR) is 65.7 cm³/mol. The molecule has 0 aromatic carbocycles. The lowest BCUT2D eigenvalue weighted by Gasteiger charge is -2.19. The summed E-state index contributed by atoms with van der Waals surface area (Å²) in [7, 11) is 0. The molecule has 0 aliphatic rings. The van der Waals surface area contributed by atoms with Crippen LogP contribution in [0.1, 0.15) is 33.6 Å². The first-order chi connectivity index (χ1) is 7.86. The van der Waals surface area contributed by atoms with Gasteiger partial charge in [-0.15, -0.1) is 11.8 Å². The topological polar surface area (TPSA) is 83.8 Å². The maximum absolute atomic E-state index is 10.9. The van der Waals surface area contributed by atoms with Crippen LogP contribution in [0.4, 0.5) is 0 Å². The number of carbonyl (C=O) groups excluding carboxylic acids is 1. The average Bonchev–Trinajstić information content (AvgIpc) is 2.24. The number of carboxylic acid groups (broad SMARTS) is 1. The van der Waals surface area contributed by atoms with E-state index in [1.807, 2.05) is 6.92 Å². The maximum Gasteiger partial charge on any atom is 0.307 e. The lowest BCUT2D eigenvalue weighted by Crippen LogP contribution is -2.22. The van der Waals surface area contributed by atoms with Crippen LogP contribution in [0.5, 0.6) is 0 Å². The second-order valence-corrected chi connectivity index (χ2v) is 5.10. The van der Waals surface area contributed by atoms with E-state index in [-0.39, 0.29) is 0 Å². The Balaban J connectivity index is 4.18. The monoisotopic (exact) mass is 264 g/mol. The molecule has 6 heteroatoms. The van der Waals surface area contributed by atoms with Crippen molar-refractivity contribution >= 4 is 23.7 Å². The number of thioether (sulfide) groups is 1. The average molecular weight is 264 g/mol. The van der Waals surface area contributed by atoms with Gasteiger partial charge in [0.25, 0.3) is 0 Å². The van der Waals surface area contributed by atoms with Gasteiger partial charge in [-0.25, -0.2) is 0 Å². The van der Waals surface area contributed by atoms with Crippen molar-refractivity contribution < 1.29 is 24.5 Å². The molecule has 0 fully saturated rings. The van der Waals surface area contributed by atoms with Crippen molar-refractivity contribution in [2.45, 2.75) is 45.2 Å². The van der Waals surface area contributed by atoms with E-state index >= 15 is 0 Å². The Hall–Kier alpha value is -0.750. The van der Waals surface area contributed by atoms with Crippen LogP contribution >= 0.6 is 11.8 Å². The van der Waals surface area contributed by atoms with Gasteiger partial charge in [0.15, 0.2) is 0 Å². The van der Waals surface area contributed by atoms with E-state index < -0.39 is 29.4 Å². The molecule has 0 rings (SSSR count). The fourth-order valence-corrected chi connectivity index (χ4v) is 2.25. The fourth-order valence-electron chi connectivity index (χ4n) is 1.05. The number of carboxylic acids is 1. The van der Waals surface area contributed by atoms with Gasteiger partial charge < -0.3 is 14.9 Å². The molecule has 2 N–H and O–H groups in total. The van der Waals surface area contributed by atoms with Crippen LogP contribution in [0.15, 0.2) is 0 Å². The van der Waals surface area contributed by atoms with Gasteiger partial charge in [0.1, 0.15) is 5.44 Å². The molecule has 0 aliphatic heterocycles. The van der Waals surface area contributed by atoms with Crippen molar-refractivity contribution in [2.24, 2.45) is 5.92 Å². The number of aliphatic carboxylic acids is 1. The Labute approximate surface area is 106 Å². The normalized spacial score (nSPS) is 16.0. The number of hydrogen-bond donors (Lipinski definition) is 2. The molecule has 0 aromatic heterocycles. The summed E-state index contributed by atoms with van der Waals surface area (Å²) < 4.78 is 5.02. The SMILES string of the molecule is CCC(O)CC(OC(C)=O)SCC(C)C(=O)O. The van der Waals surface area contributed by atoms with Crippen LogP contribution in [-0.4, -0.2) is 39.4 Å². The lowest BCUT2D eigenvalue weighted by molar-refractivity contribution is -0.143. The third-order valence-corrected chi connectivity index (χ3v) is 3.54. The molecule has 3 atom stereocenters. The summed E-state index contributed by atoms with van der Waals surface area (Å²) in [5.74, 6) is -1.45. The number of aliphatic hydroxyl groups is 1. The van der Waals surface area contributed by atoms with E-state index in [2.05, 4.69) is 0 Å². The molecule has 0 aromatic rings. The molecule has 0 heterocycles. The Morgan fingerprint density at radius 1 is 1.41 bits per heavy atom. The zero-order chi connectivity index (χ0) is 13.4. The zero-order valence-corrected chi connectivity index (χ0v) is 11.2. The van der Waals surface area contributed by atoms with E-state index in [4.69, 9.17) is 9.84 Å². The van der Waals surface area contributed by atoms with Crippen molar-refractivity contribution in [3.8, 4) is 0 Å². The van der Waals surface area contributed by atoms with Crippen molar-refractivity contribution in [2.75, 3.05) is 5.75 Å². The summed E-state index contributed by atoms with van der Waals surface area (Å²) in [4.78, 5) is 21.5. The first kappa shape index (κ1) is 16.2. The summed E-state index contributed by atoms with van der Waals surface area (Å²) in [5.41, 5.74) is -0.482. The molecule has 3 unspecified atom stereocenters. The number of rotatable bonds is 8. The van der Waals surface area contributed by atoms with E-state index in [1.54, 1.807) is 6.92 Å². The van der Waals surface area contributed by atoms with Crippen molar-refractivity contribution in [3.63, 3.8) is 0 Å². The number of ether oxygens (including phenoxy) is 1. The van der Waals surface area contributed by atoms with Crippen LogP contribution in [0, 0.1) is 5.92 Å². The van der Waals surface area contributed by atoms with Gasteiger partial charge in [-0.3, -0.25) is 9.59 Å². The molecule has 0 saturated carbocycles. The third kappa shape index (κ3) is 8.04. The molecular weight excluding hydrogens is 244 g/mol. The summed E-state index contributed by atoms with van der Waals surface area (Å²) in [6, 6.07) is 0.